The number of nitrogens with zero attached hydrogens (tertiary/aromatic N) is 1. The standard InChI is InChI=1S/C21H26N2O3.ClH/c1-15-7-6-8-17(13-15)26-16(2)21(24)23-12-11-22-14-19(23)18-9-4-5-10-20(18)25-3;/h4-10,13,16,19,22H,11-12,14H2,1-3H3;1H. The third kappa shape index (κ3) is 4.93. The highest BCUT2D eigenvalue weighted by Crippen LogP contribution is 2.31. The largest absolute Gasteiger partial charge is 0.496 e. The van der Waals surface area contributed by atoms with Gasteiger partial charge in [-0.2, -0.15) is 0 Å². The fourth-order valence-electron chi connectivity index (χ4n) is 3.36. The monoisotopic (exact) mass is 390 g/mol. The third-order valence-electron chi connectivity index (χ3n) is 4.67. The molecule has 2 aromatic carbocycles. The van der Waals surface area contributed by atoms with Gasteiger partial charge in [0.1, 0.15) is 11.5 Å². The molecule has 2 unspecified atom stereocenters. The number of carbonyl (C=O) groups excluding carboxylic acids is 1. The van der Waals surface area contributed by atoms with Crippen LogP contribution in [0.2, 0.25) is 0 Å². The molecule has 2 aromatic rings. The van der Waals surface area contributed by atoms with Crippen LogP contribution in [0.1, 0.15) is 24.1 Å². The average Bonchev–Trinajstić information content (AvgIpc) is 2.67. The van der Waals surface area contributed by atoms with Crippen molar-refractivity contribution < 1.29 is 14.3 Å². The second-order valence-electron chi connectivity index (χ2n) is 6.57. The van der Waals surface area contributed by atoms with E-state index in [9.17, 15) is 4.79 Å². The van der Waals surface area contributed by atoms with Crippen LogP contribution in [-0.2, 0) is 4.79 Å². The summed E-state index contributed by atoms with van der Waals surface area (Å²) in [5.74, 6) is 1.50. The molecule has 0 radical (unpaired) electrons. The van der Waals surface area contributed by atoms with Gasteiger partial charge in [0.15, 0.2) is 6.10 Å². The lowest BCUT2D eigenvalue weighted by molar-refractivity contribution is -0.141. The van der Waals surface area contributed by atoms with Crippen molar-refractivity contribution in [2.75, 3.05) is 26.7 Å². The molecule has 1 saturated heterocycles. The van der Waals surface area contributed by atoms with Crippen molar-refractivity contribution in [3.63, 3.8) is 0 Å². The van der Waals surface area contributed by atoms with Gasteiger partial charge >= 0.3 is 0 Å². The number of hydrogen-bond acceptors (Lipinski definition) is 4. The summed E-state index contributed by atoms with van der Waals surface area (Å²) in [5.41, 5.74) is 2.12. The maximum Gasteiger partial charge on any atom is 0.263 e. The Kier molecular flexibility index (Phi) is 7.51. The van der Waals surface area contributed by atoms with Crippen molar-refractivity contribution >= 4 is 18.3 Å². The molecule has 0 bridgehead atoms. The molecule has 0 saturated carbocycles. The molecule has 27 heavy (non-hydrogen) atoms. The normalized spacial score (nSPS) is 17.6. The molecule has 1 aliphatic heterocycles. The summed E-state index contributed by atoms with van der Waals surface area (Å²) in [6.07, 6.45) is -0.549. The molecule has 0 spiro atoms. The van der Waals surface area contributed by atoms with Gasteiger partial charge in [-0.1, -0.05) is 30.3 Å². The van der Waals surface area contributed by atoms with Crippen LogP contribution in [0.15, 0.2) is 48.5 Å². The molecule has 6 heteroatoms. The zero-order chi connectivity index (χ0) is 18.5. The number of para-hydroxylation sites is 1. The Morgan fingerprint density at radius 2 is 2.00 bits per heavy atom. The molecule has 1 amide bonds. The molecule has 1 heterocycles. The first-order chi connectivity index (χ1) is 12.6. The van der Waals surface area contributed by atoms with Crippen molar-refractivity contribution in [3.8, 4) is 11.5 Å². The van der Waals surface area contributed by atoms with Gasteiger partial charge in [0.2, 0.25) is 0 Å². The van der Waals surface area contributed by atoms with Crippen LogP contribution in [0.5, 0.6) is 11.5 Å². The number of rotatable bonds is 5. The fourth-order valence-corrected chi connectivity index (χ4v) is 3.36. The second kappa shape index (κ2) is 9.62. The van der Waals surface area contributed by atoms with Crippen molar-refractivity contribution in [2.24, 2.45) is 0 Å². The molecule has 3 rings (SSSR count). The first-order valence-corrected chi connectivity index (χ1v) is 8.97. The van der Waals surface area contributed by atoms with Crippen LogP contribution in [0.25, 0.3) is 0 Å². The number of aryl methyl sites for hydroxylation is 1. The number of methoxy groups -OCH3 is 1. The van der Waals surface area contributed by atoms with E-state index in [1.165, 1.54) is 0 Å². The Labute approximate surface area is 167 Å². The van der Waals surface area contributed by atoms with Crippen LogP contribution >= 0.6 is 12.4 Å². The Balaban J connectivity index is 0.00000261. The maximum absolute atomic E-state index is 13.1. The number of hydrogen-bond donors (Lipinski definition) is 1. The summed E-state index contributed by atoms with van der Waals surface area (Å²) < 4.78 is 11.4. The van der Waals surface area contributed by atoms with E-state index in [2.05, 4.69) is 5.32 Å². The highest BCUT2D eigenvalue weighted by Gasteiger charge is 2.32. The maximum atomic E-state index is 13.1. The minimum atomic E-state index is -0.549. The van der Waals surface area contributed by atoms with E-state index in [-0.39, 0.29) is 24.4 Å². The topological polar surface area (TPSA) is 50.8 Å². The van der Waals surface area contributed by atoms with Gasteiger partial charge in [0.25, 0.3) is 5.91 Å². The quantitative estimate of drug-likeness (QED) is 0.850. The van der Waals surface area contributed by atoms with Gasteiger partial charge in [-0.15, -0.1) is 12.4 Å². The molecule has 2 atom stereocenters. The van der Waals surface area contributed by atoms with E-state index in [0.717, 1.165) is 29.2 Å². The van der Waals surface area contributed by atoms with Crippen molar-refractivity contribution in [1.29, 1.82) is 0 Å². The third-order valence-corrected chi connectivity index (χ3v) is 4.67. The number of amides is 1. The van der Waals surface area contributed by atoms with Gasteiger partial charge in [0, 0.05) is 25.2 Å². The van der Waals surface area contributed by atoms with Crippen LogP contribution in [0, 0.1) is 6.92 Å². The Morgan fingerprint density at radius 3 is 2.74 bits per heavy atom. The molecular weight excluding hydrogens is 364 g/mol. The number of benzene rings is 2. The second-order valence-corrected chi connectivity index (χ2v) is 6.57. The molecular formula is C21H27ClN2O3. The van der Waals surface area contributed by atoms with Gasteiger partial charge in [-0.05, 0) is 37.6 Å². The van der Waals surface area contributed by atoms with Crippen molar-refractivity contribution in [3.05, 3.63) is 59.7 Å². The highest BCUT2D eigenvalue weighted by molar-refractivity contribution is 5.85. The SMILES string of the molecule is COc1ccccc1C1CNCCN1C(=O)C(C)Oc1cccc(C)c1.Cl. The van der Waals surface area contributed by atoms with Gasteiger partial charge in [0.05, 0.1) is 13.2 Å². The highest BCUT2D eigenvalue weighted by atomic mass is 35.5. The minimum absolute atomic E-state index is 0. The smallest absolute Gasteiger partial charge is 0.263 e. The number of nitrogens with one attached hydrogen (secondary N) is 1. The average molecular weight is 391 g/mol. The summed E-state index contributed by atoms with van der Waals surface area (Å²) in [6.45, 7) is 5.93. The van der Waals surface area contributed by atoms with Gasteiger partial charge < -0.3 is 19.7 Å². The lowest BCUT2D eigenvalue weighted by atomic mass is 10.0. The lowest BCUT2D eigenvalue weighted by Gasteiger charge is -2.38. The molecule has 5 nitrogen and oxygen atoms in total. The lowest BCUT2D eigenvalue weighted by Crippen LogP contribution is -2.52. The van der Waals surface area contributed by atoms with E-state index in [1.54, 1.807) is 7.11 Å². The van der Waals surface area contributed by atoms with Gasteiger partial charge in [-0.25, -0.2) is 0 Å². The summed E-state index contributed by atoms with van der Waals surface area (Å²) >= 11 is 0. The van der Waals surface area contributed by atoms with E-state index in [1.807, 2.05) is 67.3 Å². The van der Waals surface area contributed by atoms with E-state index in [4.69, 9.17) is 9.47 Å². The molecule has 1 fully saturated rings. The Morgan fingerprint density at radius 1 is 1.22 bits per heavy atom. The van der Waals surface area contributed by atoms with Crippen molar-refractivity contribution in [1.82, 2.24) is 10.2 Å². The Hall–Kier alpha value is -2.24. The first kappa shape index (κ1) is 21.1. The zero-order valence-electron chi connectivity index (χ0n) is 16.0. The van der Waals surface area contributed by atoms with E-state index in [0.29, 0.717) is 13.1 Å². The van der Waals surface area contributed by atoms with Crippen LogP contribution in [-0.4, -0.2) is 43.7 Å². The predicted octanol–water partition coefficient (Wildman–Crippen LogP) is 3.37. The molecule has 1 aliphatic rings. The van der Waals surface area contributed by atoms with E-state index < -0.39 is 6.10 Å². The predicted molar refractivity (Wildman–Crippen MR) is 109 cm³/mol. The minimum Gasteiger partial charge on any atom is -0.496 e. The first-order valence-electron chi connectivity index (χ1n) is 8.97. The molecule has 1 N–H and O–H groups in total. The number of ether oxygens (including phenoxy) is 2. The number of piperazine rings is 1. The number of carbonyl (C=O) groups is 1. The summed E-state index contributed by atoms with van der Waals surface area (Å²) in [5, 5.41) is 3.38. The summed E-state index contributed by atoms with van der Waals surface area (Å²) in [7, 11) is 1.66. The number of halogens is 1. The summed E-state index contributed by atoms with van der Waals surface area (Å²) in [6, 6.07) is 15.6. The van der Waals surface area contributed by atoms with E-state index >= 15 is 0 Å². The van der Waals surface area contributed by atoms with Crippen LogP contribution < -0.4 is 14.8 Å². The molecule has 0 aromatic heterocycles. The van der Waals surface area contributed by atoms with Crippen molar-refractivity contribution in [2.45, 2.75) is 26.0 Å². The summed E-state index contributed by atoms with van der Waals surface area (Å²) in [4.78, 5) is 15.0. The van der Waals surface area contributed by atoms with Crippen LogP contribution in [0.3, 0.4) is 0 Å². The molecule has 0 aliphatic carbocycles. The fraction of sp³-hybridized carbons (Fsp3) is 0.381. The Bertz CT molecular complexity index is 769. The van der Waals surface area contributed by atoms with Crippen LogP contribution in [0.4, 0.5) is 0 Å². The zero-order valence-corrected chi connectivity index (χ0v) is 16.8. The van der Waals surface area contributed by atoms with Gasteiger partial charge in [-0.3, -0.25) is 4.79 Å². The molecule has 146 valence electrons.